The molecule has 0 bridgehead atoms. The third kappa shape index (κ3) is 7.97. The van der Waals surface area contributed by atoms with Gasteiger partial charge in [-0.3, -0.25) is 0 Å². The van der Waals surface area contributed by atoms with Gasteiger partial charge >= 0.3 is 0 Å². The molecular formula is C6H15ClF2N2. The van der Waals surface area contributed by atoms with Crippen LogP contribution in [0.1, 0.15) is 19.8 Å². The van der Waals surface area contributed by atoms with E-state index in [1.807, 2.05) is 0 Å². The lowest BCUT2D eigenvalue weighted by Gasteiger charge is -2.10. The van der Waals surface area contributed by atoms with E-state index in [1.54, 1.807) is 6.92 Å². The van der Waals surface area contributed by atoms with Crippen LogP contribution in [0, 0.1) is 0 Å². The van der Waals surface area contributed by atoms with Gasteiger partial charge in [0.15, 0.2) is 0 Å². The smallest absolute Gasteiger partial charge is 0.253 e. The zero-order valence-corrected chi connectivity index (χ0v) is 7.28. The second kappa shape index (κ2) is 6.76. The van der Waals surface area contributed by atoms with Crippen LogP contribution >= 0.6 is 12.4 Å². The summed E-state index contributed by atoms with van der Waals surface area (Å²) in [4.78, 5) is 0. The minimum absolute atomic E-state index is 0. The zero-order chi connectivity index (χ0) is 8.15. The molecule has 11 heavy (non-hydrogen) atoms. The predicted octanol–water partition coefficient (Wildman–Crippen LogP) is 1.13. The Morgan fingerprint density at radius 2 is 1.64 bits per heavy atom. The van der Waals surface area contributed by atoms with Gasteiger partial charge in [-0.15, -0.1) is 12.4 Å². The number of hydrogen-bond donors (Lipinski definition) is 2. The molecule has 70 valence electrons. The first-order chi connectivity index (χ1) is 4.54. The highest BCUT2D eigenvalue weighted by molar-refractivity contribution is 5.85. The van der Waals surface area contributed by atoms with Gasteiger partial charge in [-0.1, -0.05) is 0 Å². The Morgan fingerprint density at radius 1 is 1.18 bits per heavy atom. The molecule has 0 saturated heterocycles. The normalized spacial score (nSPS) is 15.8. The van der Waals surface area contributed by atoms with Crippen LogP contribution in [-0.4, -0.2) is 18.5 Å². The van der Waals surface area contributed by atoms with E-state index >= 15 is 0 Å². The molecule has 0 aromatic heterocycles. The van der Waals surface area contributed by atoms with Crippen LogP contribution in [0.15, 0.2) is 0 Å². The quantitative estimate of drug-likeness (QED) is 0.695. The van der Waals surface area contributed by atoms with Crippen LogP contribution in [-0.2, 0) is 0 Å². The molecule has 4 N–H and O–H groups in total. The van der Waals surface area contributed by atoms with Crippen molar-refractivity contribution < 1.29 is 8.78 Å². The van der Waals surface area contributed by atoms with Gasteiger partial charge in [-0.2, -0.15) is 0 Å². The van der Waals surface area contributed by atoms with Crippen LogP contribution in [0.3, 0.4) is 0 Å². The van der Waals surface area contributed by atoms with Crippen LogP contribution in [0.25, 0.3) is 0 Å². The molecule has 2 atom stereocenters. The number of nitrogens with two attached hydrogens (primary N) is 2. The zero-order valence-electron chi connectivity index (χ0n) is 6.47. The second-order valence-corrected chi connectivity index (χ2v) is 2.55. The standard InChI is InChI=1S/C6H14F2N2.ClH/c1-4(9)2-3-5(10)6(7)8;/h4-6H,2-3,9-10H2,1H3;1H. The Hall–Kier alpha value is 0.0700. The SMILES string of the molecule is CC(N)CCC(N)C(F)F.Cl. The molecule has 0 radical (unpaired) electrons. The predicted molar refractivity (Wildman–Crippen MR) is 44.1 cm³/mol. The van der Waals surface area contributed by atoms with Crippen molar-refractivity contribution in [2.75, 3.05) is 0 Å². The van der Waals surface area contributed by atoms with Gasteiger partial charge in [0, 0.05) is 6.04 Å². The topological polar surface area (TPSA) is 52.0 Å². The lowest BCUT2D eigenvalue weighted by Crippen LogP contribution is -2.30. The summed E-state index contributed by atoms with van der Waals surface area (Å²) in [5.74, 6) is 0. The Bertz CT molecular complexity index is 90.7. The monoisotopic (exact) mass is 188 g/mol. The first-order valence-corrected chi connectivity index (χ1v) is 3.33. The van der Waals surface area contributed by atoms with Crippen molar-refractivity contribution in [3.8, 4) is 0 Å². The van der Waals surface area contributed by atoms with Gasteiger partial charge in [0.2, 0.25) is 0 Å². The maximum atomic E-state index is 11.7. The Balaban J connectivity index is 0. The van der Waals surface area contributed by atoms with Gasteiger partial charge < -0.3 is 11.5 Å². The minimum Gasteiger partial charge on any atom is -0.328 e. The third-order valence-electron chi connectivity index (χ3n) is 1.28. The summed E-state index contributed by atoms with van der Waals surface area (Å²) in [6.45, 7) is 1.78. The molecule has 2 unspecified atom stereocenters. The second-order valence-electron chi connectivity index (χ2n) is 2.55. The molecule has 2 nitrogen and oxygen atoms in total. The molecular weight excluding hydrogens is 174 g/mol. The fraction of sp³-hybridized carbons (Fsp3) is 1.00. The van der Waals surface area contributed by atoms with Gasteiger partial charge in [0.25, 0.3) is 6.43 Å². The van der Waals surface area contributed by atoms with Gasteiger partial charge in [-0.25, -0.2) is 8.78 Å². The van der Waals surface area contributed by atoms with Crippen molar-refractivity contribution in [2.24, 2.45) is 11.5 Å². The van der Waals surface area contributed by atoms with Crippen molar-refractivity contribution in [1.82, 2.24) is 0 Å². The fourth-order valence-corrected chi connectivity index (χ4v) is 0.581. The van der Waals surface area contributed by atoms with Gasteiger partial charge in [-0.05, 0) is 19.8 Å². The van der Waals surface area contributed by atoms with E-state index < -0.39 is 12.5 Å². The van der Waals surface area contributed by atoms with Crippen molar-refractivity contribution in [2.45, 2.75) is 38.3 Å². The number of hydrogen-bond acceptors (Lipinski definition) is 2. The van der Waals surface area contributed by atoms with Gasteiger partial charge in [0.1, 0.15) is 0 Å². The van der Waals surface area contributed by atoms with E-state index in [0.29, 0.717) is 12.8 Å². The summed E-state index contributed by atoms with van der Waals surface area (Å²) < 4.78 is 23.4. The molecule has 5 heteroatoms. The molecule has 0 aliphatic rings. The van der Waals surface area contributed by atoms with Crippen LogP contribution in [0.2, 0.25) is 0 Å². The summed E-state index contributed by atoms with van der Waals surface area (Å²) in [5, 5.41) is 0. The first-order valence-electron chi connectivity index (χ1n) is 3.33. The third-order valence-corrected chi connectivity index (χ3v) is 1.28. The summed E-state index contributed by atoms with van der Waals surface area (Å²) in [6, 6.07) is -1.05. The molecule has 0 saturated carbocycles. The van der Waals surface area contributed by atoms with E-state index in [1.165, 1.54) is 0 Å². The lowest BCUT2D eigenvalue weighted by atomic mass is 10.1. The molecule has 0 aliphatic carbocycles. The molecule has 0 aromatic carbocycles. The largest absolute Gasteiger partial charge is 0.328 e. The maximum absolute atomic E-state index is 11.7. The first kappa shape index (κ1) is 13.6. The van der Waals surface area contributed by atoms with Crippen LogP contribution in [0.5, 0.6) is 0 Å². The highest BCUT2D eigenvalue weighted by atomic mass is 35.5. The fourth-order valence-electron chi connectivity index (χ4n) is 0.581. The van der Waals surface area contributed by atoms with Gasteiger partial charge in [0.05, 0.1) is 6.04 Å². The molecule has 0 spiro atoms. The molecule has 0 aliphatic heterocycles. The van der Waals surface area contributed by atoms with E-state index in [9.17, 15) is 8.78 Å². The van der Waals surface area contributed by atoms with E-state index in [4.69, 9.17) is 11.5 Å². The van der Waals surface area contributed by atoms with E-state index in [-0.39, 0.29) is 18.4 Å². The summed E-state index contributed by atoms with van der Waals surface area (Å²) in [5.41, 5.74) is 10.4. The van der Waals surface area contributed by atoms with Crippen LogP contribution in [0.4, 0.5) is 8.78 Å². The Morgan fingerprint density at radius 3 is 1.91 bits per heavy atom. The average molecular weight is 189 g/mol. The number of rotatable bonds is 4. The van der Waals surface area contributed by atoms with Crippen molar-refractivity contribution in [1.29, 1.82) is 0 Å². The molecule has 0 rings (SSSR count). The van der Waals surface area contributed by atoms with Crippen molar-refractivity contribution in [3.05, 3.63) is 0 Å². The summed E-state index contributed by atoms with van der Waals surface area (Å²) in [6.07, 6.45) is -1.56. The number of alkyl halides is 2. The van der Waals surface area contributed by atoms with E-state index in [2.05, 4.69) is 0 Å². The minimum atomic E-state index is -2.42. The van der Waals surface area contributed by atoms with Crippen molar-refractivity contribution in [3.63, 3.8) is 0 Å². The molecule has 0 aromatic rings. The van der Waals surface area contributed by atoms with Crippen LogP contribution < -0.4 is 11.5 Å². The summed E-state index contributed by atoms with van der Waals surface area (Å²) >= 11 is 0. The highest BCUT2D eigenvalue weighted by Gasteiger charge is 2.14. The lowest BCUT2D eigenvalue weighted by molar-refractivity contribution is 0.110. The molecule has 0 amide bonds. The van der Waals surface area contributed by atoms with Crippen molar-refractivity contribution >= 4 is 12.4 Å². The highest BCUT2D eigenvalue weighted by Crippen LogP contribution is 2.05. The molecule has 0 heterocycles. The Labute approximate surface area is 71.7 Å². The maximum Gasteiger partial charge on any atom is 0.253 e. The molecule has 0 fully saturated rings. The Kier molecular flexibility index (Phi) is 8.39. The summed E-state index contributed by atoms with van der Waals surface area (Å²) in [7, 11) is 0. The average Bonchev–Trinajstić information content (AvgIpc) is 1.82. The number of halogens is 3. The van der Waals surface area contributed by atoms with E-state index in [0.717, 1.165) is 0 Å².